The number of carbonyl (C=O) groups is 1. The Morgan fingerprint density at radius 3 is 2.40 bits per heavy atom. The summed E-state index contributed by atoms with van der Waals surface area (Å²) in [7, 11) is 4.88. The van der Waals surface area contributed by atoms with Gasteiger partial charge in [0.05, 0.1) is 27.4 Å². The summed E-state index contributed by atoms with van der Waals surface area (Å²) in [5.41, 5.74) is 2.95. The van der Waals surface area contributed by atoms with Crippen LogP contribution < -0.4 is 19.5 Å². The predicted molar refractivity (Wildman–Crippen MR) is 118 cm³/mol. The third-order valence-corrected chi connectivity index (χ3v) is 6.21. The first-order chi connectivity index (χ1) is 14.6. The quantitative estimate of drug-likeness (QED) is 0.629. The molecule has 2 aromatic carbocycles. The van der Waals surface area contributed by atoms with E-state index in [0.717, 1.165) is 28.3 Å². The normalized spacial score (nSPS) is 15.3. The first-order valence-electron chi connectivity index (χ1n) is 9.64. The standard InChI is InChI=1S/C23H24N2O4S/c1-27-17-8-6-16(7-9-17)24-23(26)25-11-10-15-13-19(28-2)20(29-3)14-18(15)22(25)21-5-4-12-30-21/h4-9,12-14,22H,10-11H2,1-3H3,(H,24,26). The molecule has 3 aromatic rings. The fourth-order valence-electron chi connectivity index (χ4n) is 3.79. The van der Waals surface area contributed by atoms with Crippen molar-refractivity contribution < 1.29 is 19.0 Å². The van der Waals surface area contributed by atoms with Crippen molar-refractivity contribution in [1.82, 2.24) is 4.90 Å². The van der Waals surface area contributed by atoms with Gasteiger partial charge in [0, 0.05) is 17.1 Å². The highest BCUT2D eigenvalue weighted by atomic mass is 32.1. The average molecular weight is 425 g/mol. The van der Waals surface area contributed by atoms with E-state index in [4.69, 9.17) is 14.2 Å². The van der Waals surface area contributed by atoms with Gasteiger partial charge in [0.15, 0.2) is 11.5 Å². The number of rotatable bonds is 5. The SMILES string of the molecule is COc1ccc(NC(=O)N2CCc3cc(OC)c(OC)cc3C2c2cccs2)cc1. The van der Waals surface area contributed by atoms with Crippen LogP contribution in [-0.2, 0) is 6.42 Å². The molecule has 0 saturated carbocycles. The molecular formula is C23H24N2O4S. The van der Waals surface area contributed by atoms with Crippen molar-refractivity contribution in [1.29, 1.82) is 0 Å². The Bertz CT molecular complexity index is 1020. The van der Waals surface area contributed by atoms with Crippen LogP contribution in [0.2, 0.25) is 0 Å². The van der Waals surface area contributed by atoms with Gasteiger partial charge in [-0.2, -0.15) is 0 Å². The number of thiophene rings is 1. The van der Waals surface area contributed by atoms with Crippen molar-refractivity contribution in [3.63, 3.8) is 0 Å². The number of nitrogens with zero attached hydrogens (tertiary/aromatic N) is 1. The molecule has 0 bridgehead atoms. The zero-order valence-electron chi connectivity index (χ0n) is 17.2. The van der Waals surface area contributed by atoms with E-state index < -0.39 is 0 Å². The molecule has 7 heteroatoms. The van der Waals surface area contributed by atoms with Gasteiger partial charge in [-0.3, -0.25) is 0 Å². The topological polar surface area (TPSA) is 60.0 Å². The Hall–Kier alpha value is -3.19. The highest BCUT2D eigenvalue weighted by Crippen LogP contribution is 2.42. The largest absolute Gasteiger partial charge is 0.497 e. The first-order valence-corrected chi connectivity index (χ1v) is 10.5. The van der Waals surface area contributed by atoms with Gasteiger partial charge < -0.3 is 24.4 Å². The molecule has 2 amide bonds. The van der Waals surface area contributed by atoms with Crippen LogP contribution in [0.3, 0.4) is 0 Å². The van der Waals surface area contributed by atoms with E-state index >= 15 is 0 Å². The smallest absolute Gasteiger partial charge is 0.322 e. The highest BCUT2D eigenvalue weighted by molar-refractivity contribution is 7.10. The number of fused-ring (bicyclic) bond motifs is 1. The number of urea groups is 1. The van der Waals surface area contributed by atoms with Crippen molar-refractivity contribution in [3.05, 3.63) is 69.9 Å². The number of benzene rings is 2. The number of hydrogen-bond donors (Lipinski definition) is 1. The molecule has 0 spiro atoms. The average Bonchev–Trinajstić information content (AvgIpc) is 3.32. The van der Waals surface area contributed by atoms with Gasteiger partial charge >= 0.3 is 6.03 Å². The maximum Gasteiger partial charge on any atom is 0.322 e. The number of methoxy groups -OCH3 is 3. The van der Waals surface area contributed by atoms with Crippen LogP contribution in [-0.4, -0.2) is 38.8 Å². The summed E-state index contributed by atoms with van der Waals surface area (Å²) >= 11 is 1.64. The molecular weight excluding hydrogens is 400 g/mol. The van der Waals surface area contributed by atoms with Crippen molar-refractivity contribution in [2.24, 2.45) is 0 Å². The summed E-state index contributed by atoms with van der Waals surface area (Å²) in [4.78, 5) is 16.2. The molecule has 2 heterocycles. The van der Waals surface area contributed by atoms with Gasteiger partial charge in [0.25, 0.3) is 0 Å². The van der Waals surface area contributed by atoms with Crippen LogP contribution in [0.25, 0.3) is 0 Å². The summed E-state index contributed by atoms with van der Waals surface area (Å²) in [5, 5.41) is 5.05. The molecule has 1 aliphatic heterocycles. The second-order valence-corrected chi connectivity index (χ2v) is 7.91. The van der Waals surface area contributed by atoms with Gasteiger partial charge in [0.2, 0.25) is 0 Å². The fraction of sp³-hybridized carbons (Fsp3) is 0.261. The zero-order chi connectivity index (χ0) is 21.1. The van der Waals surface area contributed by atoms with E-state index in [1.165, 1.54) is 5.56 Å². The Morgan fingerprint density at radius 2 is 1.77 bits per heavy atom. The molecule has 0 radical (unpaired) electrons. The molecule has 1 N–H and O–H groups in total. The Morgan fingerprint density at radius 1 is 1.03 bits per heavy atom. The lowest BCUT2D eigenvalue weighted by Crippen LogP contribution is -2.42. The number of nitrogens with one attached hydrogen (secondary N) is 1. The minimum Gasteiger partial charge on any atom is -0.497 e. The van der Waals surface area contributed by atoms with Gasteiger partial charge in [-0.1, -0.05) is 6.07 Å². The first kappa shape index (κ1) is 20.1. The van der Waals surface area contributed by atoms with E-state index in [1.807, 2.05) is 52.7 Å². The third kappa shape index (κ3) is 3.80. The number of anilines is 1. The van der Waals surface area contributed by atoms with Gasteiger partial charge in [0.1, 0.15) is 5.75 Å². The number of ether oxygens (including phenoxy) is 3. The molecule has 0 fully saturated rings. The summed E-state index contributed by atoms with van der Waals surface area (Å²) in [5.74, 6) is 2.12. The summed E-state index contributed by atoms with van der Waals surface area (Å²) in [6.07, 6.45) is 0.744. The highest BCUT2D eigenvalue weighted by Gasteiger charge is 2.34. The predicted octanol–water partition coefficient (Wildman–Crippen LogP) is 4.95. The number of hydrogen-bond acceptors (Lipinski definition) is 5. The molecule has 0 saturated heterocycles. The Labute approximate surface area is 180 Å². The van der Waals surface area contributed by atoms with E-state index in [2.05, 4.69) is 11.4 Å². The van der Waals surface area contributed by atoms with Crippen molar-refractivity contribution >= 4 is 23.1 Å². The van der Waals surface area contributed by atoms with Crippen LogP contribution in [0.5, 0.6) is 17.2 Å². The number of carbonyl (C=O) groups excluding carboxylic acids is 1. The summed E-state index contributed by atoms with van der Waals surface area (Å²) < 4.78 is 16.2. The second-order valence-electron chi connectivity index (χ2n) is 6.93. The third-order valence-electron chi connectivity index (χ3n) is 5.29. The molecule has 4 rings (SSSR count). The molecule has 1 atom stereocenters. The van der Waals surface area contributed by atoms with Crippen LogP contribution >= 0.6 is 11.3 Å². The summed E-state index contributed by atoms with van der Waals surface area (Å²) in [6.45, 7) is 0.604. The fourth-order valence-corrected chi connectivity index (χ4v) is 4.64. The second kappa shape index (κ2) is 8.67. The van der Waals surface area contributed by atoms with Crippen molar-refractivity contribution in [2.75, 3.05) is 33.2 Å². The van der Waals surface area contributed by atoms with Crippen LogP contribution in [0.4, 0.5) is 10.5 Å². The molecule has 6 nitrogen and oxygen atoms in total. The maximum atomic E-state index is 13.2. The van der Waals surface area contributed by atoms with Crippen LogP contribution in [0.15, 0.2) is 53.9 Å². The van der Waals surface area contributed by atoms with Crippen molar-refractivity contribution in [2.45, 2.75) is 12.5 Å². The summed E-state index contributed by atoms with van der Waals surface area (Å²) in [6, 6.07) is 15.1. The molecule has 0 aliphatic carbocycles. The minimum atomic E-state index is -0.188. The van der Waals surface area contributed by atoms with Crippen LogP contribution in [0.1, 0.15) is 22.0 Å². The molecule has 1 aliphatic rings. The number of amides is 2. The van der Waals surface area contributed by atoms with Gasteiger partial charge in [-0.05, 0) is 65.4 Å². The maximum absolute atomic E-state index is 13.2. The zero-order valence-corrected chi connectivity index (χ0v) is 18.0. The lowest BCUT2D eigenvalue weighted by molar-refractivity contribution is 0.194. The molecule has 30 heavy (non-hydrogen) atoms. The molecule has 1 unspecified atom stereocenters. The van der Waals surface area contributed by atoms with Crippen LogP contribution in [0, 0.1) is 0 Å². The van der Waals surface area contributed by atoms with E-state index in [9.17, 15) is 4.79 Å². The minimum absolute atomic E-state index is 0.140. The van der Waals surface area contributed by atoms with E-state index in [1.54, 1.807) is 32.7 Å². The van der Waals surface area contributed by atoms with E-state index in [0.29, 0.717) is 18.0 Å². The van der Waals surface area contributed by atoms with E-state index in [-0.39, 0.29) is 12.1 Å². The Balaban J connectivity index is 1.68. The Kier molecular flexibility index (Phi) is 5.81. The molecule has 156 valence electrons. The lowest BCUT2D eigenvalue weighted by Gasteiger charge is -2.37. The van der Waals surface area contributed by atoms with Crippen molar-refractivity contribution in [3.8, 4) is 17.2 Å². The monoisotopic (exact) mass is 424 g/mol. The lowest BCUT2D eigenvalue weighted by atomic mass is 9.91. The van der Waals surface area contributed by atoms with Gasteiger partial charge in [-0.15, -0.1) is 11.3 Å². The molecule has 1 aromatic heterocycles. The van der Waals surface area contributed by atoms with Gasteiger partial charge in [-0.25, -0.2) is 4.79 Å².